The molecule has 7 heteroatoms. The van der Waals surface area contributed by atoms with Gasteiger partial charge < -0.3 is 4.90 Å². The topological polar surface area (TPSA) is 57.7 Å². The van der Waals surface area contributed by atoms with Crippen LogP contribution in [0, 0.1) is 0 Å². The van der Waals surface area contributed by atoms with Crippen LogP contribution in [0.4, 0.5) is 0 Å². The first-order valence-electron chi connectivity index (χ1n) is 8.72. The van der Waals surface area contributed by atoms with E-state index >= 15 is 0 Å². The third kappa shape index (κ3) is 3.96. The van der Waals surface area contributed by atoms with Gasteiger partial charge in [0, 0.05) is 36.9 Å². The van der Waals surface area contributed by atoms with Crippen molar-refractivity contribution in [1.82, 2.24) is 9.21 Å². The standard InChI is InChI=1S/C20H24N2O3S2/c1-21(2)12-11-17(23)20-15-7-5-6-8-18(15)26-19-10-9-14(13-16(19)20)27(24,25)22(3)4/h5-10,13,20H,11-12H2,1-4H3. The molecule has 3 rings (SSSR count). The molecule has 0 N–H and O–H groups in total. The average molecular weight is 405 g/mol. The zero-order chi connectivity index (χ0) is 19.8. The van der Waals surface area contributed by atoms with Crippen molar-refractivity contribution in [3.63, 3.8) is 0 Å². The lowest BCUT2D eigenvalue weighted by Gasteiger charge is -2.28. The molecule has 1 aliphatic heterocycles. The molecule has 1 aliphatic rings. The number of carbonyl (C=O) groups excluding carboxylic acids is 1. The molecule has 0 saturated carbocycles. The van der Waals surface area contributed by atoms with Crippen molar-refractivity contribution in [1.29, 1.82) is 0 Å². The van der Waals surface area contributed by atoms with Gasteiger partial charge in [-0.3, -0.25) is 4.79 Å². The summed E-state index contributed by atoms with van der Waals surface area (Å²) in [6, 6.07) is 13.0. The molecule has 0 radical (unpaired) electrons. The molecule has 0 amide bonds. The van der Waals surface area contributed by atoms with E-state index in [2.05, 4.69) is 0 Å². The van der Waals surface area contributed by atoms with Crippen LogP contribution in [-0.4, -0.2) is 58.1 Å². The number of sulfonamides is 1. The van der Waals surface area contributed by atoms with Gasteiger partial charge in [-0.1, -0.05) is 30.0 Å². The Labute approximate surface area is 165 Å². The molecule has 27 heavy (non-hydrogen) atoms. The van der Waals surface area contributed by atoms with Crippen LogP contribution in [0.25, 0.3) is 0 Å². The molecule has 2 aromatic rings. The molecular weight excluding hydrogens is 380 g/mol. The van der Waals surface area contributed by atoms with E-state index < -0.39 is 15.9 Å². The van der Waals surface area contributed by atoms with E-state index in [1.807, 2.05) is 49.3 Å². The van der Waals surface area contributed by atoms with Gasteiger partial charge in [0.15, 0.2) is 0 Å². The summed E-state index contributed by atoms with van der Waals surface area (Å²) in [5.74, 6) is -0.327. The summed E-state index contributed by atoms with van der Waals surface area (Å²) in [4.78, 5) is 17.3. The van der Waals surface area contributed by atoms with Crippen LogP contribution in [0.2, 0.25) is 0 Å². The maximum atomic E-state index is 13.1. The Balaban J connectivity index is 2.11. The molecule has 0 fully saturated rings. The second kappa shape index (κ2) is 7.75. The summed E-state index contributed by atoms with van der Waals surface area (Å²) >= 11 is 1.58. The highest BCUT2D eigenvalue weighted by Gasteiger charge is 2.32. The summed E-state index contributed by atoms with van der Waals surface area (Å²) in [5, 5.41) is 0. The van der Waals surface area contributed by atoms with Gasteiger partial charge in [0.05, 0.1) is 10.8 Å². The van der Waals surface area contributed by atoms with E-state index in [9.17, 15) is 13.2 Å². The Morgan fingerprint density at radius 1 is 1.00 bits per heavy atom. The van der Waals surface area contributed by atoms with Crippen LogP contribution in [0.15, 0.2) is 57.2 Å². The maximum absolute atomic E-state index is 13.1. The first kappa shape index (κ1) is 20.1. The van der Waals surface area contributed by atoms with E-state index in [1.165, 1.54) is 18.4 Å². The molecule has 0 spiro atoms. The van der Waals surface area contributed by atoms with Crippen LogP contribution in [-0.2, 0) is 14.8 Å². The minimum atomic E-state index is -3.56. The SMILES string of the molecule is CN(C)CCC(=O)C1c2ccccc2Sc2ccc(S(=O)(=O)N(C)C)cc21. The van der Waals surface area contributed by atoms with Crippen molar-refractivity contribution in [3.8, 4) is 0 Å². The largest absolute Gasteiger partial charge is 0.309 e. The van der Waals surface area contributed by atoms with Crippen molar-refractivity contribution >= 4 is 27.6 Å². The molecule has 1 atom stereocenters. The van der Waals surface area contributed by atoms with Gasteiger partial charge in [-0.15, -0.1) is 0 Å². The quantitative estimate of drug-likeness (QED) is 0.741. The van der Waals surface area contributed by atoms with E-state index in [-0.39, 0.29) is 10.7 Å². The fraction of sp³-hybridized carbons (Fsp3) is 0.350. The predicted octanol–water partition coefficient (Wildman–Crippen LogP) is 3.05. The number of hydrogen-bond donors (Lipinski definition) is 0. The van der Waals surface area contributed by atoms with E-state index in [1.54, 1.807) is 23.9 Å². The fourth-order valence-corrected chi connectivity index (χ4v) is 5.19. The summed E-state index contributed by atoms with van der Waals surface area (Å²) < 4.78 is 26.4. The second-order valence-corrected chi connectivity index (χ2v) is 10.3. The lowest BCUT2D eigenvalue weighted by molar-refractivity contribution is -0.120. The van der Waals surface area contributed by atoms with Gasteiger partial charge in [-0.25, -0.2) is 12.7 Å². The monoisotopic (exact) mass is 404 g/mol. The van der Waals surface area contributed by atoms with Crippen LogP contribution in [0.1, 0.15) is 23.5 Å². The second-order valence-electron chi connectivity index (χ2n) is 7.08. The Morgan fingerprint density at radius 3 is 2.33 bits per heavy atom. The number of ketones is 1. The lowest BCUT2D eigenvalue weighted by atomic mass is 9.86. The van der Waals surface area contributed by atoms with E-state index in [0.29, 0.717) is 13.0 Å². The van der Waals surface area contributed by atoms with E-state index in [0.717, 1.165) is 20.9 Å². The van der Waals surface area contributed by atoms with Gasteiger partial charge in [-0.05, 0) is 49.5 Å². The zero-order valence-corrected chi connectivity index (χ0v) is 17.6. The number of fused-ring (bicyclic) bond motifs is 2. The van der Waals surface area contributed by atoms with Crippen LogP contribution < -0.4 is 0 Å². The fourth-order valence-electron chi connectivity index (χ4n) is 3.14. The van der Waals surface area contributed by atoms with Gasteiger partial charge in [0.1, 0.15) is 5.78 Å². The van der Waals surface area contributed by atoms with Gasteiger partial charge in [-0.2, -0.15) is 0 Å². The number of nitrogens with zero attached hydrogens (tertiary/aromatic N) is 2. The molecular formula is C20H24N2O3S2. The lowest BCUT2D eigenvalue weighted by Crippen LogP contribution is -2.25. The van der Waals surface area contributed by atoms with Gasteiger partial charge in [0.25, 0.3) is 0 Å². The maximum Gasteiger partial charge on any atom is 0.242 e. The molecule has 2 aromatic carbocycles. The molecule has 0 bridgehead atoms. The summed E-state index contributed by atoms with van der Waals surface area (Å²) in [6.07, 6.45) is 0.417. The van der Waals surface area contributed by atoms with Crippen molar-refractivity contribution in [3.05, 3.63) is 53.6 Å². The van der Waals surface area contributed by atoms with Crippen LogP contribution in [0.5, 0.6) is 0 Å². The first-order chi connectivity index (χ1) is 12.7. The number of Topliss-reactive ketones (excluding diaryl/α,β-unsaturated/α-hetero) is 1. The van der Waals surface area contributed by atoms with Crippen LogP contribution in [0.3, 0.4) is 0 Å². The highest BCUT2D eigenvalue weighted by molar-refractivity contribution is 7.99. The molecule has 0 saturated heterocycles. The predicted molar refractivity (Wildman–Crippen MR) is 108 cm³/mol. The third-order valence-electron chi connectivity index (χ3n) is 4.65. The number of rotatable bonds is 6. The normalized spacial score (nSPS) is 16.3. The Morgan fingerprint density at radius 2 is 1.67 bits per heavy atom. The van der Waals surface area contributed by atoms with Crippen LogP contribution >= 0.6 is 11.8 Å². The van der Waals surface area contributed by atoms with Crippen molar-refractivity contribution in [2.24, 2.45) is 0 Å². The number of carbonyl (C=O) groups is 1. The molecule has 0 aromatic heterocycles. The minimum Gasteiger partial charge on any atom is -0.309 e. The van der Waals surface area contributed by atoms with Gasteiger partial charge >= 0.3 is 0 Å². The average Bonchev–Trinajstić information content (AvgIpc) is 2.63. The highest BCUT2D eigenvalue weighted by atomic mass is 32.2. The molecule has 1 unspecified atom stereocenters. The van der Waals surface area contributed by atoms with E-state index in [4.69, 9.17) is 0 Å². The highest BCUT2D eigenvalue weighted by Crippen LogP contribution is 2.47. The van der Waals surface area contributed by atoms with Crippen molar-refractivity contribution < 1.29 is 13.2 Å². The first-order valence-corrected chi connectivity index (χ1v) is 11.0. The summed E-state index contributed by atoms with van der Waals surface area (Å²) in [6.45, 7) is 0.662. The number of benzene rings is 2. The summed E-state index contributed by atoms with van der Waals surface area (Å²) in [5.41, 5.74) is 1.74. The van der Waals surface area contributed by atoms with Crippen molar-refractivity contribution in [2.75, 3.05) is 34.7 Å². The Kier molecular flexibility index (Phi) is 5.76. The molecule has 144 valence electrons. The Bertz CT molecular complexity index is 969. The smallest absolute Gasteiger partial charge is 0.242 e. The van der Waals surface area contributed by atoms with Gasteiger partial charge in [0.2, 0.25) is 10.0 Å². The Hall–Kier alpha value is -1.67. The molecule has 0 aliphatic carbocycles. The minimum absolute atomic E-state index is 0.108. The molecule has 1 heterocycles. The third-order valence-corrected chi connectivity index (χ3v) is 7.64. The zero-order valence-electron chi connectivity index (χ0n) is 16.0. The molecule has 5 nitrogen and oxygen atoms in total. The summed E-state index contributed by atoms with van der Waals surface area (Å²) in [7, 11) is 3.34. The number of hydrogen-bond acceptors (Lipinski definition) is 5. The van der Waals surface area contributed by atoms with Crippen molar-refractivity contribution in [2.45, 2.75) is 27.0 Å².